The Bertz CT molecular complexity index is 377. The lowest BCUT2D eigenvalue weighted by molar-refractivity contribution is 0.0825. The Hall–Kier alpha value is -0.720. The molecule has 6 heteroatoms. The largest absolute Gasteiger partial charge is 0.486 e. The second-order valence-electron chi connectivity index (χ2n) is 3.55. The molecule has 1 aromatic rings. The van der Waals surface area contributed by atoms with Crippen LogP contribution in [-0.2, 0) is 20.8 Å². The van der Waals surface area contributed by atoms with Gasteiger partial charge in [-0.05, 0) is 17.3 Å². The van der Waals surface area contributed by atoms with Crippen LogP contribution in [0.2, 0.25) is 0 Å². The fourth-order valence-electron chi connectivity index (χ4n) is 1.43. The third kappa shape index (κ3) is 2.69. The van der Waals surface area contributed by atoms with E-state index in [1.54, 1.807) is 19.4 Å². The number of nitrogens with zero attached hydrogens (tertiary/aromatic N) is 2. The summed E-state index contributed by atoms with van der Waals surface area (Å²) in [6.45, 7) is 1.82. The molecule has 2 rings (SSSR count). The molecule has 1 aliphatic rings. The summed E-state index contributed by atoms with van der Waals surface area (Å²) in [7, 11) is 1.54. The molecule has 1 fully saturated rings. The first-order valence-electron chi connectivity index (χ1n) is 4.94. The standard InChI is InChI=1S/C10H14N2O2S2/c1-13-10-4-3-8(5-11-10)14-9-6-12(7-9)16(2)15/h3-5,9H,6-7H2,1-2H3. The van der Waals surface area contributed by atoms with E-state index in [0.717, 1.165) is 18.8 Å². The summed E-state index contributed by atoms with van der Waals surface area (Å²) in [5.41, 5.74) is 0. The van der Waals surface area contributed by atoms with E-state index in [0.29, 0.717) is 5.88 Å². The van der Waals surface area contributed by atoms with Gasteiger partial charge < -0.3 is 9.47 Å². The van der Waals surface area contributed by atoms with Crippen molar-refractivity contribution in [3.05, 3.63) is 18.3 Å². The van der Waals surface area contributed by atoms with Gasteiger partial charge in [0.2, 0.25) is 5.88 Å². The molecular weight excluding hydrogens is 244 g/mol. The smallest absolute Gasteiger partial charge is 0.213 e. The molecule has 1 saturated heterocycles. The molecule has 1 aliphatic heterocycles. The molecule has 0 saturated carbocycles. The Morgan fingerprint density at radius 3 is 2.75 bits per heavy atom. The summed E-state index contributed by atoms with van der Waals surface area (Å²) in [5.74, 6) is 1.38. The Kier molecular flexibility index (Phi) is 3.73. The zero-order chi connectivity index (χ0) is 11.5. The van der Waals surface area contributed by atoms with Gasteiger partial charge in [0.05, 0.1) is 13.3 Å². The van der Waals surface area contributed by atoms with E-state index in [4.69, 9.17) is 20.7 Å². The molecule has 0 spiro atoms. The first-order chi connectivity index (χ1) is 7.69. The molecule has 0 aliphatic carbocycles. The van der Waals surface area contributed by atoms with Crippen LogP contribution in [0.4, 0.5) is 0 Å². The van der Waals surface area contributed by atoms with Crippen molar-refractivity contribution in [3.63, 3.8) is 0 Å². The van der Waals surface area contributed by atoms with E-state index >= 15 is 0 Å². The Morgan fingerprint density at radius 1 is 1.50 bits per heavy atom. The van der Waals surface area contributed by atoms with Gasteiger partial charge in [0.1, 0.15) is 11.9 Å². The first kappa shape index (κ1) is 11.8. The Morgan fingerprint density at radius 2 is 2.25 bits per heavy atom. The predicted molar refractivity (Wildman–Crippen MR) is 67.4 cm³/mol. The minimum absolute atomic E-state index is 0.0563. The van der Waals surface area contributed by atoms with Gasteiger partial charge in [0.25, 0.3) is 0 Å². The Balaban J connectivity index is 1.84. The molecule has 0 radical (unpaired) electrons. The van der Waals surface area contributed by atoms with E-state index in [9.17, 15) is 0 Å². The quantitative estimate of drug-likeness (QED) is 0.797. The average molecular weight is 258 g/mol. The molecule has 2 heterocycles. The van der Waals surface area contributed by atoms with Crippen LogP contribution in [0.5, 0.6) is 11.6 Å². The highest BCUT2D eigenvalue weighted by atomic mass is 32.8. The molecule has 0 amide bonds. The minimum atomic E-state index is -0.0563. The second-order valence-corrected chi connectivity index (χ2v) is 6.36. The first-order valence-corrected chi connectivity index (χ1v) is 7.45. The SMILES string of the molecule is COc1ccc(OC2CN(S(C)=S)C2)cn1. The third-order valence-electron chi connectivity index (χ3n) is 2.40. The molecule has 0 N–H and O–H groups in total. The molecule has 0 aromatic carbocycles. The van der Waals surface area contributed by atoms with Crippen LogP contribution in [-0.4, -0.2) is 41.8 Å². The minimum Gasteiger partial charge on any atom is -0.486 e. The molecular formula is C10H14N2O2S2. The molecule has 0 bridgehead atoms. The van der Waals surface area contributed by atoms with Crippen molar-refractivity contribution < 1.29 is 9.47 Å². The number of rotatable bonds is 4. The highest BCUT2D eigenvalue weighted by Crippen LogP contribution is 2.19. The van der Waals surface area contributed by atoms with Crippen molar-refractivity contribution in [2.45, 2.75) is 6.10 Å². The normalized spacial score (nSPS) is 18.9. The van der Waals surface area contributed by atoms with Crippen molar-refractivity contribution in [2.75, 3.05) is 26.5 Å². The van der Waals surface area contributed by atoms with Gasteiger partial charge in [0, 0.05) is 25.4 Å². The summed E-state index contributed by atoms with van der Waals surface area (Å²) in [4.78, 5) is 4.08. The maximum atomic E-state index is 5.73. The van der Waals surface area contributed by atoms with Crippen LogP contribution in [0.25, 0.3) is 0 Å². The fraction of sp³-hybridized carbons (Fsp3) is 0.500. The van der Waals surface area contributed by atoms with E-state index < -0.39 is 0 Å². The van der Waals surface area contributed by atoms with Crippen LogP contribution in [0.3, 0.4) is 0 Å². The number of hydrogen-bond donors (Lipinski definition) is 0. The van der Waals surface area contributed by atoms with Crippen molar-refractivity contribution in [1.29, 1.82) is 0 Å². The monoisotopic (exact) mass is 258 g/mol. The number of pyridine rings is 1. The molecule has 1 unspecified atom stereocenters. The predicted octanol–water partition coefficient (Wildman–Crippen LogP) is 0.778. The van der Waals surface area contributed by atoms with Gasteiger partial charge in [-0.25, -0.2) is 9.29 Å². The lowest BCUT2D eigenvalue weighted by Gasteiger charge is -2.38. The van der Waals surface area contributed by atoms with Crippen molar-refractivity contribution in [2.24, 2.45) is 0 Å². The van der Waals surface area contributed by atoms with Crippen LogP contribution in [0.15, 0.2) is 18.3 Å². The average Bonchev–Trinajstić information content (AvgIpc) is 2.23. The van der Waals surface area contributed by atoms with E-state index in [-0.39, 0.29) is 15.7 Å². The summed E-state index contributed by atoms with van der Waals surface area (Å²) in [6.07, 6.45) is 3.97. The van der Waals surface area contributed by atoms with E-state index in [2.05, 4.69) is 9.29 Å². The molecule has 16 heavy (non-hydrogen) atoms. The van der Waals surface area contributed by atoms with Crippen LogP contribution in [0, 0.1) is 0 Å². The Labute approximate surface area is 102 Å². The van der Waals surface area contributed by atoms with Gasteiger partial charge in [-0.3, -0.25) is 0 Å². The van der Waals surface area contributed by atoms with E-state index in [1.165, 1.54) is 0 Å². The number of aromatic nitrogens is 1. The van der Waals surface area contributed by atoms with Gasteiger partial charge in [-0.1, -0.05) is 9.64 Å². The number of hydrogen-bond acceptors (Lipinski definition) is 4. The summed E-state index contributed by atoms with van der Waals surface area (Å²) < 4.78 is 12.9. The van der Waals surface area contributed by atoms with Crippen LogP contribution in [0.1, 0.15) is 0 Å². The lowest BCUT2D eigenvalue weighted by Crippen LogP contribution is -2.53. The molecule has 4 nitrogen and oxygen atoms in total. The topological polar surface area (TPSA) is 34.6 Å². The third-order valence-corrected chi connectivity index (χ3v) is 4.06. The van der Waals surface area contributed by atoms with Crippen molar-refractivity contribution in [1.82, 2.24) is 9.29 Å². The maximum absolute atomic E-state index is 5.73. The van der Waals surface area contributed by atoms with Gasteiger partial charge in [0.15, 0.2) is 0 Å². The fourth-order valence-corrected chi connectivity index (χ4v) is 2.55. The van der Waals surface area contributed by atoms with Crippen molar-refractivity contribution in [3.8, 4) is 11.6 Å². The highest BCUT2D eigenvalue weighted by Gasteiger charge is 2.29. The summed E-state index contributed by atoms with van der Waals surface area (Å²) >= 11 is 5.17. The zero-order valence-electron chi connectivity index (χ0n) is 9.25. The molecule has 88 valence electrons. The summed E-state index contributed by atoms with van der Waals surface area (Å²) in [6, 6.07) is 3.66. The number of ether oxygens (including phenoxy) is 2. The van der Waals surface area contributed by atoms with Crippen LogP contribution < -0.4 is 9.47 Å². The van der Waals surface area contributed by atoms with Crippen LogP contribution >= 0.6 is 0 Å². The summed E-state index contributed by atoms with van der Waals surface area (Å²) in [5, 5.41) is 0. The molecule has 1 aromatic heterocycles. The second kappa shape index (κ2) is 5.07. The zero-order valence-corrected chi connectivity index (χ0v) is 10.9. The number of methoxy groups -OCH3 is 1. The maximum Gasteiger partial charge on any atom is 0.213 e. The lowest BCUT2D eigenvalue weighted by atomic mass is 10.2. The molecule has 1 atom stereocenters. The van der Waals surface area contributed by atoms with E-state index in [1.807, 2.05) is 12.3 Å². The van der Waals surface area contributed by atoms with Gasteiger partial charge in [-0.2, -0.15) is 0 Å². The van der Waals surface area contributed by atoms with Gasteiger partial charge >= 0.3 is 0 Å². The van der Waals surface area contributed by atoms with Crippen molar-refractivity contribution >= 4 is 20.8 Å². The van der Waals surface area contributed by atoms with Gasteiger partial charge in [-0.15, -0.1) is 0 Å². The highest BCUT2D eigenvalue weighted by molar-refractivity contribution is 8.27.